The highest BCUT2D eigenvalue weighted by atomic mass is 32.2. The van der Waals surface area contributed by atoms with Gasteiger partial charge in [0.25, 0.3) is 5.56 Å². The molecule has 0 aliphatic carbocycles. The lowest BCUT2D eigenvalue weighted by molar-refractivity contribution is -0.138. The van der Waals surface area contributed by atoms with Crippen LogP contribution < -0.4 is 14.9 Å². The van der Waals surface area contributed by atoms with Gasteiger partial charge in [-0.05, 0) is 54.6 Å². The van der Waals surface area contributed by atoms with Gasteiger partial charge in [-0.25, -0.2) is 9.79 Å². The smallest absolute Gasteiger partial charge is 0.338 e. The maximum Gasteiger partial charge on any atom is 0.338 e. The van der Waals surface area contributed by atoms with Crippen molar-refractivity contribution in [3.8, 4) is 6.07 Å². The van der Waals surface area contributed by atoms with E-state index >= 15 is 0 Å². The van der Waals surface area contributed by atoms with E-state index < -0.39 is 12.0 Å². The van der Waals surface area contributed by atoms with Crippen LogP contribution in [0.25, 0.3) is 22.7 Å². The second-order valence-electron chi connectivity index (χ2n) is 11.2. The molecule has 0 spiro atoms. The minimum atomic E-state index is -0.739. The topological polar surface area (TPSA) is 89.4 Å². The number of hydrogen-bond acceptors (Lipinski definition) is 7. The van der Waals surface area contributed by atoms with Crippen molar-refractivity contribution < 1.29 is 9.53 Å². The standard InChI is InChI=1S/C39H30N4O3S2/c1-3-46-38(45)34-35(25-11-5-4-6-12-25)41-39-43(36(34)26-17-19-30(47-2)20-18-26)37(44)33(48-39)21-29-24-42(32-16-10-9-15-31(29)32)23-28-14-8-7-13-27(28)22-40/h4-21,24,36H,3,23H2,1-2H3/b33-21-. The normalized spacial score (nSPS) is 14.4. The van der Waals surface area contributed by atoms with E-state index in [2.05, 4.69) is 10.6 Å². The Hall–Kier alpha value is -5.43. The number of aromatic nitrogens is 2. The van der Waals surface area contributed by atoms with Gasteiger partial charge >= 0.3 is 5.97 Å². The van der Waals surface area contributed by atoms with Gasteiger partial charge in [-0.2, -0.15) is 5.26 Å². The van der Waals surface area contributed by atoms with Gasteiger partial charge in [0, 0.05) is 39.7 Å². The first-order valence-corrected chi connectivity index (χ1v) is 17.5. The molecule has 4 aromatic carbocycles. The number of rotatable bonds is 8. The summed E-state index contributed by atoms with van der Waals surface area (Å²) in [5, 5.41) is 10.7. The zero-order valence-electron chi connectivity index (χ0n) is 26.3. The van der Waals surface area contributed by atoms with Crippen molar-refractivity contribution in [1.82, 2.24) is 9.13 Å². The Balaban J connectivity index is 1.45. The monoisotopic (exact) mass is 666 g/mol. The highest BCUT2D eigenvalue weighted by Crippen LogP contribution is 2.36. The van der Waals surface area contributed by atoms with Crippen molar-refractivity contribution in [2.24, 2.45) is 4.99 Å². The van der Waals surface area contributed by atoms with Crippen molar-refractivity contribution in [1.29, 1.82) is 5.26 Å². The summed E-state index contributed by atoms with van der Waals surface area (Å²) in [7, 11) is 0. The molecule has 0 bridgehead atoms. The summed E-state index contributed by atoms with van der Waals surface area (Å²) >= 11 is 2.93. The predicted octanol–water partition coefficient (Wildman–Crippen LogP) is 6.53. The molecule has 3 heterocycles. The highest BCUT2D eigenvalue weighted by Gasteiger charge is 2.35. The molecule has 9 heteroatoms. The molecule has 1 unspecified atom stereocenters. The number of benzene rings is 4. The Kier molecular flexibility index (Phi) is 8.68. The third kappa shape index (κ3) is 5.70. The van der Waals surface area contributed by atoms with Crippen LogP contribution in [-0.2, 0) is 16.1 Å². The Bertz CT molecular complexity index is 2430. The number of hydrogen-bond donors (Lipinski definition) is 0. The third-order valence-electron chi connectivity index (χ3n) is 8.39. The highest BCUT2D eigenvalue weighted by molar-refractivity contribution is 7.98. The molecule has 6 aromatic rings. The van der Waals surface area contributed by atoms with Crippen molar-refractivity contribution in [3.63, 3.8) is 0 Å². The second kappa shape index (κ2) is 13.4. The number of thiazole rings is 1. The van der Waals surface area contributed by atoms with Gasteiger partial charge in [-0.15, -0.1) is 11.8 Å². The average Bonchev–Trinajstić information content (AvgIpc) is 3.64. The lowest BCUT2D eigenvalue weighted by Crippen LogP contribution is -2.40. The van der Waals surface area contributed by atoms with Crippen molar-refractivity contribution in [2.75, 3.05) is 12.9 Å². The largest absolute Gasteiger partial charge is 0.463 e. The van der Waals surface area contributed by atoms with E-state index in [1.54, 1.807) is 23.3 Å². The number of thioether (sulfide) groups is 1. The maximum atomic E-state index is 14.5. The lowest BCUT2D eigenvalue weighted by Gasteiger charge is -2.26. The molecule has 0 saturated carbocycles. The summed E-state index contributed by atoms with van der Waals surface area (Å²) in [6, 6.07) is 34.7. The third-order valence-corrected chi connectivity index (χ3v) is 10.1. The Morgan fingerprint density at radius 2 is 1.73 bits per heavy atom. The summed E-state index contributed by atoms with van der Waals surface area (Å²) in [6.07, 6.45) is 5.94. The molecular weight excluding hydrogens is 637 g/mol. The fourth-order valence-electron chi connectivity index (χ4n) is 6.16. The van der Waals surface area contributed by atoms with Crippen LogP contribution in [-0.4, -0.2) is 28.0 Å². The number of para-hydroxylation sites is 1. The lowest BCUT2D eigenvalue weighted by atomic mass is 9.93. The van der Waals surface area contributed by atoms with Gasteiger partial charge < -0.3 is 9.30 Å². The first kappa shape index (κ1) is 31.2. The van der Waals surface area contributed by atoms with E-state index in [0.717, 1.165) is 38.1 Å². The Morgan fingerprint density at radius 1 is 1.00 bits per heavy atom. The van der Waals surface area contributed by atoms with Gasteiger partial charge in [-0.1, -0.05) is 90.2 Å². The molecule has 1 atom stereocenters. The molecule has 0 fully saturated rings. The van der Waals surface area contributed by atoms with Gasteiger partial charge in [-0.3, -0.25) is 9.36 Å². The van der Waals surface area contributed by atoms with Crippen LogP contribution in [0, 0.1) is 11.3 Å². The van der Waals surface area contributed by atoms with Gasteiger partial charge in [0.2, 0.25) is 0 Å². The van der Waals surface area contributed by atoms with Crippen LogP contribution in [0.2, 0.25) is 0 Å². The predicted molar refractivity (Wildman–Crippen MR) is 191 cm³/mol. The molecule has 1 aliphatic rings. The van der Waals surface area contributed by atoms with Crippen molar-refractivity contribution in [2.45, 2.75) is 24.4 Å². The number of carbonyl (C=O) groups excluding carboxylic acids is 1. The molecule has 0 saturated heterocycles. The van der Waals surface area contributed by atoms with Gasteiger partial charge in [0.1, 0.15) is 0 Å². The quantitative estimate of drug-likeness (QED) is 0.136. The van der Waals surface area contributed by atoms with E-state index in [9.17, 15) is 14.9 Å². The minimum Gasteiger partial charge on any atom is -0.463 e. The molecule has 7 nitrogen and oxygen atoms in total. The first-order chi connectivity index (χ1) is 23.5. The number of nitriles is 1. The van der Waals surface area contributed by atoms with Crippen LogP contribution in [0.4, 0.5) is 0 Å². The van der Waals surface area contributed by atoms with Crippen LogP contribution >= 0.6 is 23.1 Å². The summed E-state index contributed by atoms with van der Waals surface area (Å²) in [5.74, 6) is -0.506. The molecular formula is C39H30N4O3S2. The Morgan fingerprint density at radius 3 is 2.48 bits per heavy atom. The van der Waals surface area contributed by atoms with E-state index in [1.165, 1.54) is 11.3 Å². The van der Waals surface area contributed by atoms with Crippen LogP contribution in [0.3, 0.4) is 0 Å². The minimum absolute atomic E-state index is 0.190. The Labute approximate surface area is 285 Å². The summed E-state index contributed by atoms with van der Waals surface area (Å²) < 4.78 is 9.84. The van der Waals surface area contributed by atoms with E-state index in [4.69, 9.17) is 9.73 Å². The van der Waals surface area contributed by atoms with Crippen LogP contribution in [0.1, 0.15) is 40.8 Å². The van der Waals surface area contributed by atoms with Crippen molar-refractivity contribution >= 4 is 51.7 Å². The van der Waals surface area contributed by atoms with Crippen LogP contribution in [0.5, 0.6) is 0 Å². The zero-order chi connectivity index (χ0) is 33.2. The number of fused-ring (bicyclic) bond motifs is 2. The van der Waals surface area contributed by atoms with Crippen LogP contribution in [0.15, 0.2) is 130 Å². The van der Waals surface area contributed by atoms with E-state index in [-0.39, 0.29) is 12.2 Å². The zero-order valence-corrected chi connectivity index (χ0v) is 27.9. The van der Waals surface area contributed by atoms with Gasteiger partial charge in [0.15, 0.2) is 4.80 Å². The fraction of sp³-hybridized carbons (Fsp3) is 0.128. The van der Waals surface area contributed by atoms with E-state index in [1.807, 2.05) is 122 Å². The number of carbonyl (C=O) groups is 1. The molecule has 7 rings (SSSR count). The van der Waals surface area contributed by atoms with E-state index in [0.29, 0.717) is 32.7 Å². The first-order valence-electron chi connectivity index (χ1n) is 15.5. The molecule has 2 aromatic heterocycles. The average molecular weight is 667 g/mol. The fourth-order valence-corrected chi connectivity index (χ4v) is 7.56. The molecule has 0 N–H and O–H groups in total. The maximum absolute atomic E-state index is 14.5. The summed E-state index contributed by atoms with van der Waals surface area (Å²) in [5.41, 5.74) is 5.55. The van der Waals surface area contributed by atoms with Gasteiger partial charge in [0.05, 0.1) is 40.1 Å². The second-order valence-corrected chi connectivity index (χ2v) is 13.1. The number of nitrogens with zero attached hydrogens (tertiary/aromatic N) is 4. The molecule has 0 amide bonds. The molecule has 1 aliphatic heterocycles. The summed E-state index contributed by atoms with van der Waals surface area (Å²) in [6.45, 7) is 2.47. The summed E-state index contributed by atoms with van der Waals surface area (Å²) in [4.78, 5) is 34.8. The number of esters is 1. The molecule has 0 radical (unpaired) electrons. The molecule has 48 heavy (non-hydrogen) atoms. The SMILES string of the molecule is CCOC(=O)C1=C(c2ccccc2)N=c2s/c(=C\c3cn(Cc4ccccc4C#N)c4ccccc34)c(=O)n2C1c1ccc(SC)cc1. The molecule has 236 valence electrons. The van der Waals surface area contributed by atoms with Crippen molar-refractivity contribution in [3.05, 3.63) is 162 Å². The number of ether oxygens (including phenoxy) is 1.